The van der Waals surface area contributed by atoms with Gasteiger partial charge in [-0.2, -0.15) is 0 Å². The third-order valence-corrected chi connectivity index (χ3v) is 5.42. The van der Waals surface area contributed by atoms with Crippen molar-refractivity contribution in [3.8, 4) is 17.0 Å². The maximum absolute atomic E-state index is 6.40. The molecule has 0 spiro atoms. The van der Waals surface area contributed by atoms with E-state index in [1.807, 2.05) is 42.5 Å². The number of hydrogen-bond donors (Lipinski definition) is 1. The maximum Gasteiger partial charge on any atom is 0.213 e. The van der Waals surface area contributed by atoms with Crippen molar-refractivity contribution in [1.82, 2.24) is 15.0 Å². The third kappa shape index (κ3) is 2.73. The third-order valence-electron chi connectivity index (χ3n) is 5.42. The Bertz CT molecular complexity index is 1260. The number of hydrogen-bond acceptors (Lipinski definition) is 6. The van der Waals surface area contributed by atoms with Gasteiger partial charge in [0.2, 0.25) is 5.88 Å². The zero-order valence-corrected chi connectivity index (χ0v) is 16.4. The molecule has 4 aromatic rings. The number of aromatic nitrogens is 3. The molecule has 2 aromatic heterocycles. The van der Waals surface area contributed by atoms with E-state index in [0.29, 0.717) is 11.7 Å². The fourth-order valence-corrected chi connectivity index (χ4v) is 4.05. The first-order valence-corrected chi connectivity index (χ1v) is 9.54. The van der Waals surface area contributed by atoms with Crippen LogP contribution in [0, 0.1) is 0 Å². The second-order valence-corrected chi connectivity index (χ2v) is 7.05. The Balaban J connectivity index is 1.80. The standard InChI is InChI=1S/C24H19N5O/c1-30-22-12-19(9-10-28-22)24(21-8-3-2-7-20(21)23(25)29-24)18-6-4-5-16(11-18)17-13-26-15-27-14-17/h2-15H,1H3,(H2,25,29). The van der Waals surface area contributed by atoms with Crippen LogP contribution in [0.25, 0.3) is 11.1 Å². The van der Waals surface area contributed by atoms with Crippen molar-refractivity contribution in [1.29, 1.82) is 0 Å². The normalized spacial score (nSPS) is 17.3. The van der Waals surface area contributed by atoms with Crippen molar-refractivity contribution >= 4 is 5.84 Å². The molecule has 3 heterocycles. The van der Waals surface area contributed by atoms with Crippen molar-refractivity contribution in [2.45, 2.75) is 5.54 Å². The van der Waals surface area contributed by atoms with Crippen LogP contribution in [-0.2, 0) is 5.54 Å². The molecule has 0 saturated heterocycles. The Morgan fingerprint density at radius 1 is 0.867 bits per heavy atom. The smallest absolute Gasteiger partial charge is 0.213 e. The molecule has 2 aromatic carbocycles. The number of aliphatic imine (C=N–C) groups is 1. The van der Waals surface area contributed by atoms with Crippen LogP contribution in [0.15, 0.2) is 90.6 Å². The van der Waals surface area contributed by atoms with Crippen LogP contribution in [0.4, 0.5) is 0 Å². The molecule has 0 fully saturated rings. The molecule has 0 saturated carbocycles. The molecule has 0 aliphatic carbocycles. The minimum atomic E-state index is -0.803. The lowest BCUT2D eigenvalue weighted by atomic mass is 9.77. The van der Waals surface area contributed by atoms with Gasteiger partial charge in [-0.05, 0) is 34.4 Å². The monoisotopic (exact) mass is 393 g/mol. The van der Waals surface area contributed by atoms with Gasteiger partial charge in [0.15, 0.2) is 0 Å². The first kappa shape index (κ1) is 18.0. The summed E-state index contributed by atoms with van der Waals surface area (Å²) in [6.45, 7) is 0. The largest absolute Gasteiger partial charge is 0.481 e. The van der Waals surface area contributed by atoms with E-state index in [0.717, 1.165) is 33.4 Å². The van der Waals surface area contributed by atoms with Crippen LogP contribution < -0.4 is 10.5 Å². The molecule has 1 unspecified atom stereocenters. The van der Waals surface area contributed by atoms with Crippen molar-refractivity contribution < 1.29 is 4.74 Å². The molecule has 0 radical (unpaired) electrons. The minimum absolute atomic E-state index is 0.509. The summed E-state index contributed by atoms with van der Waals surface area (Å²) in [5.74, 6) is 1.03. The lowest BCUT2D eigenvalue weighted by Gasteiger charge is -2.29. The molecule has 6 heteroatoms. The minimum Gasteiger partial charge on any atom is -0.481 e. The average Bonchev–Trinajstić information content (AvgIpc) is 3.13. The fraction of sp³-hybridized carbons (Fsp3) is 0.0833. The van der Waals surface area contributed by atoms with Gasteiger partial charge in [0.25, 0.3) is 0 Å². The molecule has 5 rings (SSSR count). The van der Waals surface area contributed by atoms with Crippen LogP contribution in [0.2, 0.25) is 0 Å². The molecule has 1 aliphatic heterocycles. The van der Waals surface area contributed by atoms with E-state index in [2.05, 4.69) is 33.2 Å². The van der Waals surface area contributed by atoms with Gasteiger partial charge in [-0.3, -0.25) is 0 Å². The quantitative estimate of drug-likeness (QED) is 0.573. The number of rotatable bonds is 4. The van der Waals surface area contributed by atoms with Crippen molar-refractivity contribution in [2.24, 2.45) is 10.7 Å². The van der Waals surface area contributed by atoms with Gasteiger partial charge in [0, 0.05) is 35.8 Å². The van der Waals surface area contributed by atoms with Crippen LogP contribution in [0.5, 0.6) is 5.88 Å². The predicted molar refractivity (Wildman–Crippen MR) is 115 cm³/mol. The van der Waals surface area contributed by atoms with Crippen LogP contribution >= 0.6 is 0 Å². The summed E-state index contributed by atoms with van der Waals surface area (Å²) in [7, 11) is 1.61. The molecule has 146 valence electrons. The first-order valence-electron chi connectivity index (χ1n) is 9.54. The van der Waals surface area contributed by atoms with E-state index in [4.69, 9.17) is 15.5 Å². The molecule has 1 atom stereocenters. The van der Waals surface area contributed by atoms with Gasteiger partial charge in [-0.1, -0.05) is 42.5 Å². The topological polar surface area (TPSA) is 86.3 Å². The van der Waals surface area contributed by atoms with Crippen LogP contribution in [0.1, 0.15) is 22.3 Å². The van der Waals surface area contributed by atoms with E-state index >= 15 is 0 Å². The summed E-state index contributed by atoms with van der Waals surface area (Å²) in [6.07, 6.45) is 6.86. The number of nitrogens with zero attached hydrogens (tertiary/aromatic N) is 4. The van der Waals surface area contributed by atoms with E-state index in [1.165, 1.54) is 6.33 Å². The number of methoxy groups -OCH3 is 1. The summed E-state index contributed by atoms with van der Waals surface area (Å²) in [5.41, 5.74) is 11.4. The number of nitrogens with two attached hydrogens (primary N) is 1. The molecular formula is C24H19N5O. The molecule has 30 heavy (non-hydrogen) atoms. The highest BCUT2D eigenvalue weighted by Crippen LogP contribution is 2.46. The Morgan fingerprint density at radius 2 is 1.67 bits per heavy atom. The zero-order chi connectivity index (χ0) is 20.6. The van der Waals surface area contributed by atoms with E-state index in [9.17, 15) is 0 Å². The lowest BCUT2D eigenvalue weighted by molar-refractivity contribution is 0.396. The van der Waals surface area contributed by atoms with Crippen molar-refractivity contribution in [3.05, 3.63) is 108 Å². The van der Waals surface area contributed by atoms with Gasteiger partial charge >= 0.3 is 0 Å². The highest BCUT2D eigenvalue weighted by Gasteiger charge is 2.43. The Hall–Kier alpha value is -4.06. The Morgan fingerprint density at radius 3 is 2.50 bits per heavy atom. The number of amidine groups is 1. The van der Waals surface area contributed by atoms with Crippen molar-refractivity contribution in [3.63, 3.8) is 0 Å². The molecular weight excluding hydrogens is 374 g/mol. The second kappa shape index (κ2) is 7.08. The molecule has 0 amide bonds. The molecule has 6 nitrogen and oxygen atoms in total. The van der Waals surface area contributed by atoms with E-state index in [1.54, 1.807) is 25.7 Å². The summed E-state index contributed by atoms with van der Waals surface area (Å²) >= 11 is 0. The summed E-state index contributed by atoms with van der Waals surface area (Å²) < 4.78 is 5.40. The van der Waals surface area contributed by atoms with E-state index < -0.39 is 5.54 Å². The number of benzene rings is 2. The number of pyridine rings is 1. The number of ether oxygens (including phenoxy) is 1. The Labute approximate surface area is 174 Å². The van der Waals surface area contributed by atoms with E-state index in [-0.39, 0.29) is 0 Å². The summed E-state index contributed by atoms with van der Waals surface area (Å²) in [6, 6.07) is 20.2. The van der Waals surface area contributed by atoms with Gasteiger partial charge < -0.3 is 10.5 Å². The number of fused-ring (bicyclic) bond motifs is 1. The zero-order valence-electron chi connectivity index (χ0n) is 16.4. The Kier molecular flexibility index (Phi) is 4.25. The van der Waals surface area contributed by atoms with Crippen LogP contribution in [-0.4, -0.2) is 27.9 Å². The molecule has 1 aliphatic rings. The highest BCUT2D eigenvalue weighted by atomic mass is 16.5. The van der Waals surface area contributed by atoms with Gasteiger partial charge in [0.05, 0.1) is 7.11 Å². The molecule has 2 N–H and O–H groups in total. The molecule has 0 bridgehead atoms. The second-order valence-electron chi connectivity index (χ2n) is 7.05. The van der Waals surface area contributed by atoms with Crippen molar-refractivity contribution in [2.75, 3.05) is 7.11 Å². The SMILES string of the molecule is COc1cc(C2(c3cccc(-c4cncnc4)c3)N=C(N)c3ccccc32)ccn1. The summed E-state index contributed by atoms with van der Waals surface area (Å²) in [5, 5.41) is 0. The highest BCUT2D eigenvalue weighted by molar-refractivity contribution is 6.03. The van der Waals surface area contributed by atoms with Crippen LogP contribution in [0.3, 0.4) is 0 Å². The predicted octanol–water partition coefficient (Wildman–Crippen LogP) is 3.56. The first-order chi connectivity index (χ1) is 14.7. The van der Waals surface area contributed by atoms with Gasteiger partial charge in [0.1, 0.15) is 17.7 Å². The maximum atomic E-state index is 6.40. The lowest BCUT2D eigenvalue weighted by Crippen LogP contribution is -2.25. The van der Waals surface area contributed by atoms with Gasteiger partial charge in [-0.25, -0.2) is 19.9 Å². The average molecular weight is 393 g/mol. The summed E-state index contributed by atoms with van der Waals surface area (Å²) in [4.78, 5) is 17.6. The fourth-order valence-electron chi connectivity index (χ4n) is 4.05. The van der Waals surface area contributed by atoms with Gasteiger partial charge in [-0.15, -0.1) is 0 Å².